The number of carboxylic acids is 1. The molecule has 0 spiro atoms. The van der Waals surface area contributed by atoms with Crippen molar-refractivity contribution >= 4 is 22.4 Å². The molecule has 3 aromatic rings. The first-order valence-corrected chi connectivity index (χ1v) is 10.5. The third kappa shape index (κ3) is 4.77. The van der Waals surface area contributed by atoms with E-state index in [4.69, 9.17) is 0 Å². The molecule has 2 heterocycles. The second kappa shape index (κ2) is 9.10. The van der Waals surface area contributed by atoms with E-state index in [2.05, 4.69) is 46.3 Å². The molecule has 0 radical (unpaired) electrons. The van der Waals surface area contributed by atoms with E-state index in [0.717, 1.165) is 49.8 Å². The van der Waals surface area contributed by atoms with E-state index in [0.29, 0.717) is 5.56 Å². The van der Waals surface area contributed by atoms with Crippen molar-refractivity contribution in [1.29, 1.82) is 0 Å². The summed E-state index contributed by atoms with van der Waals surface area (Å²) in [6.07, 6.45) is 10.0. The normalized spacial score (nSPS) is 14.8. The Balaban J connectivity index is 1.22. The van der Waals surface area contributed by atoms with Gasteiger partial charge in [0.25, 0.3) is 0 Å². The van der Waals surface area contributed by atoms with Gasteiger partial charge in [-0.25, -0.2) is 4.79 Å². The number of rotatable bonds is 8. The summed E-state index contributed by atoms with van der Waals surface area (Å²) in [5.74, 6) is -0.870. The Hall–Kier alpha value is -2.85. The molecule has 0 bridgehead atoms. The number of aromatic nitrogens is 1. The molecular formula is C25H28N2O2. The van der Waals surface area contributed by atoms with Crippen LogP contribution in [0.3, 0.4) is 0 Å². The van der Waals surface area contributed by atoms with Crippen LogP contribution in [0.2, 0.25) is 0 Å². The Morgan fingerprint density at radius 2 is 1.93 bits per heavy atom. The molecule has 4 rings (SSSR count). The molecule has 2 N–H and O–H groups in total. The highest BCUT2D eigenvalue weighted by Gasteiger charge is 2.12. The average molecular weight is 389 g/mol. The standard InChI is InChI=1S/C25H28N2O2/c28-25(29)21-10-11-24-23(17-21)22(18-26-24)9-5-2-6-14-27-15-12-20(13-16-27)19-7-3-1-4-8-19/h1,3-4,7-8,10-12,17-18,26H,2,5-6,9,13-16H2,(H,28,29). The number of hydrogen-bond donors (Lipinski definition) is 2. The molecule has 150 valence electrons. The van der Waals surface area contributed by atoms with Crippen LogP contribution in [0.4, 0.5) is 0 Å². The minimum Gasteiger partial charge on any atom is -0.478 e. The molecule has 2 aromatic carbocycles. The summed E-state index contributed by atoms with van der Waals surface area (Å²) in [7, 11) is 0. The summed E-state index contributed by atoms with van der Waals surface area (Å²) in [6.45, 7) is 3.33. The Morgan fingerprint density at radius 3 is 2.69 bits per heavy atom. The summed E-state index contributed by atoms with van der Waals surface area (Å²) in [5, 5.41) is 10.2. The quantitative estimate of drug-likeness (QED) is 0.510. The van der Waals surface area contributed by atoms with Crippen LogP contribution >= 0.6 is 0 Å². The molecule has 1 aromatic heterocycles. The van der Waals surface area contributed by atoms with E-state index in [-0.39, 0.29) is 0 Å². The Labute approximate surface area is 171 Å². The summed E-state index contributed by atoms with van der Waals surface area (Å²) >= 11 is 0. The smallest absolute Gasteiger partial charge is 0.335 e. The van der Waals surface area contributed by atoms with Crippen LogP contribution in [0.5, 0.6) is 0 Å². The first-order valence-electron chi connectivity index (χ1n) is 10.5. The number of nitrogens with zero attached hydrogens (tertiary/aromatic N) is 1. The average Bonchev–Trinajstić information content (AvgIpc) is 3.17. The largest absolute Gasteiger partial charge is 0.478 e. The summed E-state index contributed by atoms with van der Waals surface area (Å²) < 4.78 is 0. The summed E-state index contributed by atoms with van der Waals surface area (Å²) in [4.78, 5) is 17.0. The van der Waals surface area contributed by atoms with Crippen LogP contribution in [0, 0.1) is 0 Å². The molecule has 1 aliphatic rings. The van der Waals surface area contributed by atoms with Crippen molar-refractivity contribution in [2.45, 2.75) is 32.1 Å². The van der Waals surface area contributed by atoms with Gasteiger partial charge in [0.05, 0.1) is 5.56 Å². The predicted octanol–water partition coefficient (Wildman–Crippen LogP) is 5.37. The second-order valence-corrected chi connectivity index (χ2v) is 7.84. The van der Waals surface area contributed by atoms with Gasteiger partial charge >= 0.3 is 5.97 Å². The topological polar surface area (TPSA) is 56.3 Å². The minimum absolute atomic E-state index is 0.353. The number of nitrogens with one attached hydrogen (secondary N) is 1. The monoisotopic (exact) mass is 388 g/mol. The van der Waals surface area contributed by atoms with Gasteiger partial charge in [0, 0.05) is 30.2 Å². The number of aromatic amines is 1. The third-order valence-corrected chi connectivity index (χ3v) is 5.87. The van der Waals surface area contributed by atoms with Crippen molar-refractivity contribution < 1.29 is 9.90 Å². The van der Waals surface area contributed by atoms with E-state index >= 15 is 0 Å². The number of aromatic carboxylic acids is 1. The molecule has 0 atom stereocenters. The second-order valence-electron chi connectivity index (χ2n) is 7.84. The zero-order valence-electron chi connectivity index (χ0n) is 16.7. The molecule has 0 fully saturated rings. The predicted molar refractivity (Wildman–Crippen MR) is 118 cm³/mol. The molecule has 29 heavy (non-hydrogen) atoms. The fourth-order valence-corrected chi connectivity index (χ4v) is 4.17. The molecule has 0 amide bonds. The number of carbonyl (C=O) groups is 1. The van der Waals surface area contributed by atoms with Gasteiger partial charge in [0.1, 0.15) is 0 Å². The Bertz CT molecular complexity index is 1000. The van der Waals surface area contributed by atoms with Crippen LogP contribution in [0.15, 0.2) is 60.8 Å². The number of benzene rings is 2. The number of carboxylic acid groups (broad SMARTS) is 1. The van der Waals surface area contributed by atoms with E-state index < -0.39 is 5.97 Å². The van der Waals surface area contributed by atoms with Gasteiger partial charge in [-0.3, -0.25) is 4.90 Å². The van der Waals surface area contributed by atoms with E-state index in [1.165, 1.54) is 29.5 Å². The van der Waals surface area contributed by atoms with Crippen LogP contribution < -0.4 is 0 Å². The number of aryl methyl sites for hydroxylation is 1. The van der Waals surface area contributed by atoms with E-state index in [1.807, 2.05) is 12.3 Å². The highest BCUT2D eigenvalue weighted by atomic mass is 16.4. The minimum atomic E-state index is -0.870. The molecule has 4 nitrogen and oxygen atoms in total. The molecule has 4 heteroatoms. The molecule has 1 aliphatic heterocycles. The fourth-order valence-electron chi connectivity index (χ4n) is 4.17. The third-order valence-electron chi connectivity index (χ3n) is 5.87. The van der Waals surface area contributed by atoms with Gasteiger partial charge in [0.2, 0.25) is 0 Å². The van der Waals surface area contributed by atoms with Crippen molar-refractivity contribution in [1.82, 2.24) is 9.88 Å². The van der Waals surface area contributed by atoms with Gasteiger partial charge in [-0.1, -0.05) is 42.8 Å². The first kappa shape index (κ1) is 19.5. The van der Waals surface area contributed by atoms with Crippen molar-refractivity contribution in [3.8, 4) is 0 Å². The maximum atomic E-state index is 11.2. The van der Waals surface area contributed by atoms with Crippen molar-refractivity contribution in [3.63, 3.8) is 0 Å². The Kier molecular flexibility index (Phi) is 6.11. The number of H-pyrrole nitrogens is 1. The first-order chi connectivity index (χ1) is 14.2. The molecule has 0 aliphatic carbocycles. The van der Waals surface area contributed by atoms with Gasteiger partial charge in [-0.05, 0) is 67.1 Å². The zero-order valence-corrected chi connectivity index (χ0v) is 16.7. The SMILES string of the molecule is O=C(O)c1ccc2[nH]cc(CCCCCN3CC=C(c4ccccc4)CC3)c2c1. The van der Waals surface area contributed by atoms with E-state index in [9.17, 15) is 9.90 Å². The molecule has 0 saturated carbocycles. The van der Waals surface area contributed by atoms with Crippen LogP contribution in [-0.4, -0.2) is 40.6 Å². The number of unbranched alkanes of at least 4 members (excludes halogenated alkanes) is 2. The highest BCUT2D eigenvalue weighted by molar-refractivity contribution is 5.94. The lowest BCUT2D eigenvalue weighted by Gasteiger charge is -2.26. The maximum Gasteiger partial charge on any atom is 0.335 e. The summed E-state index contributed by atoms with van der Waals surface area (Å²) in [5.41, 5.74) is 5.42. The summed E-state index contributed by atoms with van der Waals surface area (Å²) in [6, 6.07) is 16.0. The van der Waals surface area contributed by atoms with Crippen LogP contribution in [0.1, 0.15) is 47.2 Å². The van der Waals surface area contributed by atoms with Gasteiger partial charge < -0.3 is 10.1 Å². The molecule has 0 saturated heterocycles. The maximum absolute atomic E-state index is 11.2. The fraction of sp³-hybridized carbons (Fsp3) is 0.320. The van der Waals surface area contributed by atoms with Crippen LogP contribution in [0.25, 0.3) is 16.5 Å². The zero-order chi connectivity index (χ0) is 20.1. The van der Waals surface area contributed by atoms with Crippen molar-refractivity contribution in [2.24, 2.45) is 0 Å². The number of fused-ring (bicyclic) bond motifs is 1. The number of hydrogen-bond acceptors (Lipinski definition) is 2. The lowest BCUT2D eigenvalue weighted by Crippen LogP contribution is -2.29. The van der Waals surface area contributed by atoms with Gasteiger partial charge in [-0.15, -0.1) is 0 Å². The van der Waals surface area contributed by atoms with Crippen LogP contribution in [-0.2, 0) is 6.42 Å². The molecular weight excluding hydrogens is 360 g/mol. The van der Waals surface area contributed by atoms with Gasteiger partial charge in [0.15, 0.2) is 0 Å². The lowest BCUT2D eigenvalue weighted by atomic mass is 9.99. The van der Waals surface area contributed by atoms with Crippen molar-refractivity contribution in [2.75, 3.05) is 19.6 Å². The van der Waals surface area contributed by atoms with E-state index in [1.54, 1.807) is 12.1 Å². The Morgan fingerprint density at radius 1 is 1.07 bits per heavy atom. The molecule has 0 unspecified atom stereocenters. The lowest BCUT2D eigenvalue weighted by molar-refractivity contribution is 0.0697. The highest BCUT2D eigenvalue weighted by Crippen LogP contribution is 2.23. The van der Waals surface area contributed by atoms with Gasteiger partial charge in [-0.2, -0.15) is 0 Å². The van der Waals surface area contributed by atoms with Crippen molar-refractivity contribution in [3.05, 3.63) is 77.5 Å².